The van der Waals surface area contributed by atoms with Gasteiger partial charge in [-0.2, -0.15) is 0 Å². The van der Waals surface area contributed by atoms with E-state index in [2.05, 4.69) is 10.0 Å². The number of nitrogens with one attached hydrogen (secondary N) is 2. The molecule has 1 aromatic carbocycles. The van der Waals surface area contributed by atoms with E-state index < -0.39 is 10.0 Å². The minimum atomic E-state index is -3.13. The molecule has 2 rings (SSSR count). The third-order valence-corrected chi connectivity index (χ3v) is 4.15. The van der Waals surface area contributed by atoms with E-state index in [1.165, 1.54) is 0 Å². The van der Waals surface area contributed by atoms with E-state index in [1.54, 1.807) is 0 Å². The van der Waals surface area contributed by atoms with Gasteiger partial charge in [0, 0.05) is 19.6 Å². The van der Waals surface area contributed by atoms with Gasteiger partial charge in [0.25, 0.3) is 0 Å². The zero-order chi connectivity index (χ0) is 11.4. The largest absolute Gasteiger partial charge is 0.316 e. The molecule has 0 bridgehead atoms. The molecule has 5 heteroatoms. The number of sulfonamides is 1. The lowest BCUT2D eigenvalue weighted by Gasteiger charge is -2.26. The first-order valence-corrected chi connectivity index (χ1v) is 7.03. The van der Waals surface area contributed by atoms with Gasteiger partial charge in [-0.3, -0.25) is 0 Å². The molecule has 2 N–H and O–H groups in total. The molecule has 0 aliphatic carbocycles. The third-order valence-electron chi connectivity index (χ3n) is 2.66. The normalized spacial score (nSPS) is 17.0. The lowest BCUT2D eigenvalue weighted by Crippen LogP contribution is -2.47. The van der Waals surface area contributed by atoms with Crippen LogP contribution in [0.1, 0.15) is 5.56 Å². The molecule has 1 heterocycles. The van der Waals surface area contributed by atoms with E-state index in [9.17, 15) is 8.42 Å². The zero-order valence-electron chi connectivity index (χ0n) is 9.02. The molecule has 0 radical (unpaired) electrons. The van der Waals surface area contributed by atoms with Gasteiger partial charge >= 0.3 is 0 Å². The molecule has 1 aliphatic heterocycles. The molecule has 0 atom stereocenters. The van der Waals surface area contributed by atoms with Crippen LogP contribution in [0.15, 0.2) is 30.3 Å². The van der Waals surface area contributed by atoms with E-state index in [4.69, 9.17) is 0 Å². The monoisotopic (exact) mass is 240 g/mol. The summed E-state index contributed by atoms with van der Waals surface area (Å²) in [5, 5.41) is 3.07. The van der Waals surface area contributed by atoms with Gasteiger partial charge in [-0.15, -0.1) is 0 Å². The standard InChI is InChI=1S/C11H16N2O2S/c14-16(15,9-11-6-12-7-11)13-8-10-4-2-1-3-5-10/h1-5,11-13H,6-9H2. The van der Waals surface area contributed by atoms with Crippen molar-refractivity contribution in [2.45, 2.75) is 6.54 Å². The summed E-state index contributed by atoms with van der Waals surface area (Å²) in [6.07, 6.45) is 0. The van der Waals surface area contributed by atoms with E-state index in [0.29, 0.717) is 6.54 Å². The van der Waals surface area contributed by atoms with Gasteiger partial charge in [0.05, 0.1) is 5.75 Å². The van der Waals surface area contributed by atoms with Gasteiger partial charge in [-0.1, -0.05) is 30.3 Å². The second kappa shape index (κ2) is 4.95. The van der Waals surface area contributed by atoms with Crippen LogP contribution >= 0.6 is 0 Å². The third kappa shape index (κ3) is 3.30. The van der Waals surface area contributed by atoms with E-state index >= 15 is 0 Å². The lowest BCUT2D eigenvalue weighted by atomic mass is 10.1. The van der Waals surface area contributed by atoms with E-state index in [1.807, 2.05) is 30.3 Å². The van der Waals surface area contributed by atoms with E-state index in [0.717, 1.165) is 18.7 Å². The number of hydrogen-bond acceptors (Lipinski definition) is 3. The second-order valence-electron chi connectivity index (χ2n) is 4.11. The van der Waals surface area contributed by atoms with Crippen LogP contribution < -0.4 is 10.0 Å². The Balaban J connectivity index is 1.84. The van der Waals surface area contributed by atoms with Crippen molar-refractivity contribution < 1.29 is 8.42 Å². The van der Waals surface area contributed by atoms with Gasteiger partial charge in [-0.25, -0.2) is 13.1 Å². The van der Waals surface area contributed by atoms with Crippen molar-refractivity contribution in [1.29, 1.82) is 0 Å². The van der Waals surface area contributed by atoms with Gasteiger partial charge in [0.1, 0.15) is 0 Å². The molecular formula is C11H16N2O2S. The van der Waals surface area contributed by atoms with Crippen LogP contribution in [0.25, 0.3) is 0 Å². The minimum absolute atomic E-state index is 0.229. The highest BCUT2D eigenvalue weighted by Gasteiger charge is 2.23. The number of rotatable bonds is 5. The molecule has 0 spiro atoms. The molecule has 1 aliphatic rings. The lowest BCUT2D eigenvalue weighted by molar-refractivity contribution is 0.377. The van der Waals surface area contributed by atoms with Crippen molar-refractivity contribution in [2.24, 2.45) is 5.92 Å². The molecule has 88 valence electrons. The van der Waals surface area contributed by atoms with Crippen molar-refractivity contribution in [3.8, 4) is 0 Å². The maximum atomic E-state index is 11.7. The highest BCUT2D eigenvalue weighted by atomic mass is 32.2. The van der Waals surface area contributed by atoms with Crippen molar-refractivity contribution in [1.82, 2.24) is 10.0 Å². The first-order chi connectivity index (χ1) is 7.66. The Kier molecular flexibility index (Phi) is 3.58. The van der Waals surface area contributed by atoms with Gasteiger partial charge in [-0.05, 0) is 11.5 Å². The molecular weight excluding hydrogens is 224 g/mol. The quantitative estimate of drug-likeness (QED) is 0.779. The first kappa shape index (κ1) is 11.6. The molecule has 0 aromatic heterocycles. The van der Waals surface area contributed by atoms with Crippen molar-refractivity contribution in [2.75, 3.05) is 18.8 Å². The molecule has 0 saturated carbocycles. The number of benzene rings is 1. The summed E-state index contributed by atoms with van der Waals surface area (Å²) in [6, 6.07) is 9.54. The summed E-state index contributed by atoms with van der Waals surface area (Å²) in [7, 11) is -3.13. The predicted molar refractivity (Wildman–Crippen MR) is 63.4 cm³/mol. The molecule has 1 fully saturated rings. The van der Waals surface area contributed by atoms with Crippen molar-refractivity contribution in [3.63, 3.8) is 0 Å². The molecule has 0 amide bonds. The SMILES string of the molecule is O=S(=O)(CC1CNC1)NCc1ccccc1. The molecule has 0 unspecified atom stereocenters. The fourth-order valence-electron chi connectivity index (χ4n) is 1.62. The Hall–Kier alpha value is -0.910. The summed E-state index contributed by atoms with van der Waals surface area (Å²) >= 11 is 0. The average Bonchev–Trinajstić information content (AvgIpc) is 2.23. The maximum Gasteiger partial charge on any atom is 0.212 e. The fraction of sp³-hybridized carbons (Fsp3) is 0.455. The van der Waals surface area contributed by atoms with Crippen LogP contribution in [0.4, 0.5) is 0 Å². The van der Waals surface area contributed by atoms with Gasteiger partial charge in [0.2, 0.25) is 10.0 Å². The van der Waals surface area contributed by atoms with Crippen LogP contribution in [0.5, 0.6) is 0 Å². The van der Waals surface area contributed by atoms with Crippen molar-refractivity contribution in [3.05, 3.63) is 35.9 Å². The van der Waals surface area contributed by atoms with Gasteiger partial charge < -0.3 is 5.32 Å². The Morgan fingerprint density at radius 1 is 1.25 bits per heavy atom. The molecule has 4 nitrogen and oxygen atoms in total. The molecule has 1 saturated heterocycles. The Bertz CT molecular complexity index is 427. The average molecular weight is 240 g/mol. The fourth-order valence-corrected chi connectivity index (χ4v) is 2.99. The summed E-state index contributed by atoms with van der Waals surface area (Å²) in [4.78, 5) is 0. The van der Waals surface area contributed by atoms with Crippen LogP contribution in [0.2, 0.25) is 0 Å². The summed E-state index contributed by atoms with van der Waals surface area (Å²) in [5.41, 5.74) is 0.984. The summed E-state index contributed by atoms with van der Waals surface area (Å²) < 4.78 is 26.0. The first-order valence-electron chi connectivity index (χ1n) is 5.38. The van der Waals surface area contributed by atoms with Crippen LogP contribution in [-0.4, -0.2) is 27.3 Å². The number of hydrogen-bond donors (Lipinski definition) is 2. The minimum Gasteiger partial charge on any atom is -0.316 e. The summed E-state index contributed by atoms with van der Waals surface area (Å²) in [6.45, 7) is 2.00. The van der Waals surface area contributed by atoms with Crippen LogP contribution in [-0.2, 0) is 16.6 Å². The highest BCUT2D eigenvalue weighted by Crippen LogP contribution is 2.06. The van der Waals surface area contributed by atoms with Crippen LogP contribution in [0, 0.1) is 5.92 Å². The Labute approximate surface area is 96.1 Å². The Morgan fingerprint density at radius 2 is 1.94 bits per heavy atom. The Morgan fingerprint density at radius 3 is 2.50 bits per heavy atom. The topological polar surface area (TPSA) is 58.2 Å². The highest BCUT2D eigenvalue weighted by molar-refractivity contribution is 7.89. The van der Waals surface area contributed by atoms with Crippen LogP contribution in [0.3, 0.4) is 0 Å². The zero-order valence-corrected chi connectivity index (χ0v) is 9.83. The maximum absolute atomic E-state index is 11.7. The summed E-state index contributed by atoms with van der Waals surface area (Å²) in [5.74, 6) is 0.501. The smallest absolute Gasteiger partial charge is 0.212 e. The molecule has 16 heavy (non-hydrogen) atoms. The van der Waals surface area contributed by atoms with E-state index in [-0.39, 0.29) is 11.7 Å². The predicted octanol–water partition coefficient (Wildman–Crippen LogP) is 0.325. The van der Waals surface area contributed by atoms with Crippen molar-refractivity contribution >= 4 is 10.0 Å². The molecule has 1 aromatic rings. The second-order valence-corrected chi connectivity index (χ2v) is 5.96. The van der Waals surface area contributed by atoms with Gasteiger partial charge in [0.15, 0.2) is 0 Å².